The number of furan rings is 1. The third-order valence-electron chi connectivity index (χ3n) is 9.08. The molecular weight excluding hydrogens is 627 g/mol. The van der Waals surface area contributed by atoms with Crippen LogP contribution in [0.4, 0.5) is 0 Å². The molecule has 0 saturated carbocycles. The molecule has 0 bridgehead atoms. The Hall–Kier alpha value is -6.07. The van der Waals surface area contributed by atoms with E-state index in [-0.39, 0.29) is 45.3 Å². The Morgan fingerprint density at radius 1 is 0.588 bits per heavy atom. The van der Waals surface area contributed by atoms with Crippen molar-refractivity contribution in [3.05, 3.63) is 149 Å². The lowest BCUT2D eigenvalue weighted by molar-refractivity contribution is 0.480. The van der Waals surface area contributed by atoms with E-state index in [9.17, 15) is 0 Å². The van der Waals surface area contributed by atoms with E-state index in [4.69, 9.17) is 30.6 Å². The molecule has 0 atom stereocenters. The molecule has 4 heterocycles. The summed E-state index contributed by atoms with van der Waals surface area (Å²) in [5, 5.41) is 0.952. The fourth-order valence-corrected chi connectivity index (χ4v) is 6.49. The SMILES string of the molecule is [2H]C([2H])([2H])c1ccc2c(n1)oc1c(-c3cc(-c4ccc(C)cc4C)c(C)cn3)cc(Oc3cc(-c4cc(C([2H])([2H])[2H])c(C([2H])([2H])[2H])cn4)cc(-c4ccccc4)c3C([2H])([2H])[2H])cc12. The number of hydrogen-bond donors (Lipinski definition) is 0. The van der Waals surface area contributed by atoms with Crippen LogP contribution in [0.3, 0.4) is 0 Å². The quantitative estimate of drug-likeness (QED) is 0.175. The number of benzene rings is 4. The minimum atomic E-state index is -2.82. The Labute approximate surface area is 315 Å². The highest BCUT2D eigenvalue weighted by Crippen LogP contribution is 2.43. The van der Waals surface area contributed by atoms with Gasteiger partial charge in [-0.1, -0.05) is 54.1 Å². The van der Waals surface area contributed by atoms with Crippen LogP contribution in [0.25, 0.3) is 66.8 Å². The molecule has 5 nitrogen and oxygen atoms in total. The van der Waals surface area contributed by atoms with Gasteiger partial charge in [0, 0.05) is 56.4 Å². The van der Waals surface area contributed by atoms with Gasteiger partial charge in [0.25, 0.3) is 0 Å². The summed E-state index contributed by atoms with van der Waals surface area (Å²) in [6.45, 7) is -4.84. The van der Waals surface area contributed by atoms with Gasteiger partial charge in [-0.15, -0.1) is 0 Å². The molecule has 0 fully saturated rings. The van der Waals surface area contributed by atoms with Crippen LogP contribution in [0.15, 0.2) is 114 Å². The molecule has 0 aliphatic carbocycles. The lowest BCUT2D eigenvalue weighted by Crippen LogP contribution is -1.96. The number of rotatable bonds is 6. The van der Waals surface area contributed by atoms with Crippen molar-refractivity contribution in [1.29, 1.82) is 0 Å². The van der Waals surface area contributed by atoms with Crippen molar-refractivity contribution in [1.82, 2.24) is 15.0 Å². The van der Waals surface area contributed by atoms with E-state index in [1.54, 1.807) is 60.8 Å². The standard InChI is InChI=1S/C46H39N3O2/c1-26-13-15-36(28(3)17-26)38-23-43(48-25-30(38)5)41-22-35(21-40-37-16-14-31(6)49-46(37)51-45(40)41)50-44-20-34(42-18-27(2)29(4)24-47-42)19-39(32(44)7)33-11-9-8-10-12-33/h8-25H,1-7H3/i2D3,4D3,6D3,7D3. The fourth-order valence-electron chi connectivity index (χ4n) is 6.49. The Balaban J connectivity index is 1.40. The average Bonchev–Trinajstić information content (AvgIpc) is 3.57. The molecule has 51 heavy (non-hydrogen) atoms. The number of nitrogens with zero attached hydrogens (tertiary/aromatic N) is 3. The minimum Gasteiger partial charge on any atom is -0.457 e. The van der Waals surface area contributed by atoms with E-state index < -0.39 is 38.5 Å². The first-order valence-electron chi connectivity index (χ1n) is 22.3. The smallest absolute Gasteiger partial charge is 0.227 e. The van der Waals surface area contributed by atoms with E-state index in [0.29, 0.717) is 33.2 Å². The molecule has 0 aliphatic rings. The Bertz CT molecular complexity index is 3080. The maximum absolute atomic E-state index is 8.80. The van der Waals surface area contributed by atoms with Gasteiger partial charge >= 0.3 is 0 Å². The normalized spacial score (nSPS) is 15.9. The van der Waals surface area contributed by atoms with Crippen LogP contribution in [-0.4, -0.2) is 15.0 Å². The third-order valence-corrected chi connectivity index (χ3v) is 9.08. The summed E-state index contributed by atoms with van der Waals surface area (Å²) in [7, 11) is 0. The molecule has 8 rings (SSSR count). The Kier molecular flexibility index (Phi) is 5.27. The zero-order valence-electron chi connectivity index (χ0n) is 40.1. The first-order valence-corrected chi connectivity index (χ1v) is 16.3. The highest BCUT2D eigenvalue weighted by atomic mass is 16.5. The van der Waals surface area contributed by atoms with Crippen molar-refractivity contribution >= 4 is 22.1 Å². The monoisotopic (exact) mass is 677 g/mol. The van der Waals surface area contributed by atoms with E-state index in [0.717, 1.165) is 34.0 Å². The number of ether oxygens (including phenoxy) is 1. The molecule has 0 radical (unpaired) electrons. The topological polar surface area (TPSA) is 61.0 Å². The molecule has 5 heteroatoms. The second-order valence-electron chi connectivity index (χ2n) is 12.7. The predicted octanol–water partition coefficient (Wildman–Crippen LogP) is 12.4. The van der Waals surface area contributed by atoms with Crippen LogP contribution in [0.5, 0.6) is 11.5 Å². The summed E-state index contributed by atoms with van der Waals surface area (Å²) in [5.41, 5.74) is 6.24. The maximum Gasteiger partial charge on any atom is 0.227 e. The molecule has 250 valence electrons. The number of fused-ring (bicyclic) bond motifs is 3. The largest absolute Gasteiger partial charge is 0.457 e. The molecule has 4 aromatic carbocycles. The number of pyridine rings is 3. The van der Waals surface area contributed by atoms with Crippen molar-refractivity contribution in [3.63, 3.8) is 0 Å². The summed E-state index contributed by atoms with van der Waals surface area (Å²) in [5.74, 6) is 0.0447. The summed E-state index contributed by atoms with van der Waals surface area (Å²) in [4.78, 5) is 13.6. The Morgan fingerprint density at radius 3 is 2.24 bits per heavy atom. The minimum absolute atomic E-state index is 0.0620. The summed E-state index contributed by atoms with van der Waals surface area (Å²) >= 11 is 0. The maximum atomic E-state index is 8.80. The van der Waals surface area contributed by atoms with Crippen LogP contribution >= 0.6 is 0 Å². The van der Waals surface area contributed by atoms with E-state index in [2.05, 4.69) is 16.0 Å². The second-order valence-corrected chi connectivity index (χ2v) is 12.7. The van der Waals surface area contributed by atoms with E-state index in [1.807, 2.05) is 39.0 Å². The summed E-state index contributed by atoms with van der Waals surface area (Å²) in [6.07, 6.45) is 2.76. The van der Waals surface area contributed by atoms with Gasteiger partial charge in [0.1, 0.15) is 17.1 Å². The van der Waals surface area contributed by atoms with Crippen LogP contribution in [0.1, 0.15) is 55.5 Å². The van der Waals surface area contributed by atoms with Crippen molar-refractivity contribution in [3.8, 4) is 56.3 Å². The van der Waals surface area contributed by atoms with E-state index in [1.165, 1.54) is 18.2 Å². The predicted molar refractivity (Wildman–Crippen MR) is 209 cm³/mol. The zero-order valence-corrected chi connectivity index (χ0v) is 28.1. The van der Waals surface area contributed by atoms with Crippen LogP contribution in [0.2, 0.25) is 0 Å². The first-order chi connectivity index (χ1) is 29.5. The summed E-state index contributed by atoms with van der Waals surface area (Å²) < 4.78 is 112. The lowest BCUT2D eigenvalue weighted by atomic mass is 9.94. The first kappa shape index (κ1) is 21.2. The van der Waals surface area contributed by atoms with Gasteiger partial charge in [0.15, 0.2) is 0 Å². The molecule has 0 saturated heterocycles. The van der Waals surface area contributed by atoms with Gasteiger partial charge < -0.3 is 9.15 Å². The highest BCUT2D eigenvalue weighted by Gasteiger charge is 2.20. The van der Waals surface area contributed by atoms with E-state index >= 15 is 0 Å². The van der Waals surface area contributed by atoms with Gasteiger partial charge in [-0.3, -0.25) is 9.97 Å². The van der Waals surface area contributed by atoms with Crippen molar-refractivity contribution < 1.29 is 25.6 Å². The van der Waals surface area contributed by atoms with Crippen molar-refractivity contribution in [2.24, 2.45) is 0 Å². The molecule has 4 aromatic heterocycles. The molecule has 0 amide bonds. The van der Waals surface area contributed by atoms with Crippen LogP contribution in [-0.2, 0) is 0 Å². The summed E-state index contributed by atoms with van der Waals surface area (Å²) in [6, 6.07) is 27.4. The average molecular weight is 678 g/mol. The number of aryl methyl sites for hydroxylation is 6. The van der Waals surface area contributed by atoms with Gasteiger partial charge in [-0.2, -0.15) is 0 Å². The van der Waals surface area contributed by atoms with Gasteiger partial charge in [0.05, 0.1) is 11.4 Å². The highest BCUT2D eigenvalue weighted by molar-refractivity contribution is 6.09. The zero-order chi connectivity index (χ0) is 45.4. The van der Waals surface area contributed by atoms with Crippen molar-refractivity contribution in [2.45, 2.75) is 48.2 Å². The fraction of sp³-hybridized carbons (Fsp3) is 0.152. The number of hydrogen-bond acceptors (Lipinski definition) is 5. The van der Waals surface area contributed by atoms with Gasteiger partial charge in [0.2, 0.25) is 5.71 Å². The molecule has 0 aliphatic heterocycles. The Morgan fingerprint density at radius 2 is 1.43 bits per heavy atom. The molecule has 0 unspecified atom stereocenters. The van der Waals surface area contributed by atoms with Crippen LogP contribution in [0, 0.1) is 48.2 Å². The van der Waals surface area contributed by atoms with Crippen LogP contribution < -0.4 is 4.74 Å². The van der Waals surface area contributed by atoms with Gasteiger partial charge in [-0.25, -0.2) is 4.98 Å². The lowest BCUT2D eigenvalue weighted by Gasteiger charge is -2.17. The second kappa shape index (κ2) is 12.7. The molecule has 0 spiro atoms. The molecule has 8 aromatic rings. The molecular formula is C46H39N3O2. The molecule has 0 N–H and O–H groups in total. The van der Waals surface area contributed by atoms with Crippen molar-refractivity contribution in [2.75, 3.05) is 0 Å². The number of aromatic nitrogens is 3. The van der Waals surface area contributed by atoms with Gasteiger partial charge in [-0.05, 0) is 147 Å². The third kappa shape index (κ3) is 5.95.